The van der Waals surface area contributed by atoms with E-state index in [1.807, 2.05) is 35.0 Å². The quantitative estimate of drug-likeness (QED) is 0.571. The summed E-state index contributed by atoms with van der Waals surface area (Å²) in [5.41, 5.74) is 4.39. The zero-order valence-electron chi connectivity index (χ0n) is 14.5. The lowest BCUT2D eigenvalue weighted by Gasteiger charge is -2.10. The largest absolute Gasteiger partial charge is 0.495 e. The van der Waals surface area contributed by atoms with E-state index in [1.165, 1.54) is 19.2 Å². The lowest BCUT2D eigenvalue weighted by Crippen LogP contribution is -1.96. The number of imidazole rings is 1. The Kier molecular flexibility index (Phi) is 4.19. The second kappa shape index (κ2) is 6.81. The van der Waals surface area contributed by atoms with Crippen molar-refractivity contribution in [3.05, 3.63) is 78.4 Å². The Hall–Kier alpha value is -3.85. The van der Waals surface area contributed by atoms with Crippen LogP contribution < -0.4 is 10.1 Å². The zero-order valence-corrected chi connectivity index (χ0v) is 14.5. The normalized spacial score (nSPS) is 10.6. The van der Waals surface area contributed by atoms with Gasteiger partial charge in [-0.15, -0.1) is 0 Å². The molecule has 4 rings (SSSR count). The van der Waals surface area contributed by atoms with E-state index in [9.17, 15) is 4.39 Å². The molecule has 0 amide bonds. The standard InChI is InChI=1S/C21H15FN4O/c1-27-20-11-17(9-6-15(20)12-23)24-18-3-2-10-26-13-19(25-21(18)26)14-4-7-16(22)8-5-14/h2-11,13,24H,1H3. The Balaban J connectivity index is 1.72. The van der Waals surface area contributed by atoms with Crippen LogP contribution in [0.2, 0.25) is 0 Å². The second-order valence-corrected chi connectivity index (χ2v) is 5.94. The lowest BCUT2D eigenvalue weighted by atomic mass is 10.2. The first-order chi connectivity index (χ1) is 13.2. The molecule has 0 fully saturated rings. The molecule has 0 saturated carbocycles. The molecule has 0 spiro atoms. The van der Waals surface area contributed by atoms with Crippen molar-refractivity contribution in [3.8, 4) is 23.1 Å². The van der Waals surface area contributed by atoms with Crippen molar-refractivity contribution in [2.45, 2.75) is 0 Å². The summed E-state index contributed by atoms with van der Waals surface area (Å²) in [6.45, 7) is 0. The maximum absolute atomic E-state index is 13.2. The Morgan fingerprint density at radius 3 is 2.70 bits per heavy atom. The van der Waals surface area contributed by atoms with E-state index in [0.29, 0.717) is 11.3 Å². The molecule has 4 aromatic rings. The number of methoxy groups -OCH3 is 1. The van der Waals surface area contributed by atoms with Crippen LogP contribution in [0, 0.1) is 17.1 Å². The van der Waals surface area contributed by atoms with Crippen LogP contribution in [-0.4, -0.2) is 16.5 Å². The Labute approximate surface area is 155 Å². The van der Waals surface area contributed by atoms with Crippen LogP contribution in [0.5, 0.6) is 5.75 Å². The number of ether oxygens (including phenoxy) is 1. The molecule has 27 heavy (non-hydrogen) atoms. The number of pyridine rings is 1. The first-order valence-electron chi connectivity index (χ1n) is 8.27. The third-order valence-electron chi connectivity index (χ3n) is 4.22. The molecule has 0 saturated heterocycles. The molecule has 6 heteroatoms. The number of nitrogens with one attached hydrogen (secondary N) is 1. The first kappa shape index (κ1) is 16.6. The third-order valence-corrected chi connectivity index (χ3v) is 4.22. The van der Waals surface area contributed by atoms with Crippen LogP contribution in [-0.2, 0) is 0 Å². The minimum atomic E-state index is -0.278. The van der Waals surface area contributed by atoms with E-state index in [2.05, 4.69) is 16.4 Å². The highest BCUT2D eigenvalue weighted by atomic mass is 19.1. The van der Waals surface area contributed by atoms with E-state index < -0.39 is 0 Å². The number of benzene rings is 2. The van der Waals surface area contributed by atoms with E-state index in [1.54, 1.807) is 24.3 Å². The molecular weight excluding hydrogens is 343 g/mol. The summed E-state index contributed by atoms with van der Waals surface area (Å²) < 4.78 is 20.3. The zero-order chi connectivity index (χ0) is 18.8. The van der Waals surface area contributed by atoms with Crippen LogP contribution in [0.25, 0.3) is 16.9 Å². The van der Waals surface area contributed by atoms with Gasteiger partial charge < -0.3 is 14.5 Å². The van der Waals surface area contributed by atoms with Crippen molar-refractivity contribution >= 4 is 17.0 Å². The van der Waals surface area contributed by atoms with Gasteiger partial charge in [-0.05, 0) is 48.5 Å². The number of nitrogens with zero attached hydrogens (tertiary/aromatic N) is 3. The molecule has 0 atom stereocenters. The highest BCUT2D eigenvalue weighted by Crippen LogP contribution is 2.28. The van der Waals surface area contributed by atoms with Gasteiger partial charge in [-0.2, -0.15) is 5.26 Å². The average Bonchev–Trinajstić information content (AvgIpc) is 3.14. The number of anilines is 2. The van der Waals surface area contributed by atoms with Gasteiger partial charge in [-0.25, -0.2) is 9.37 Å². The van der Waals surface area contributed by atoms with E-state index in [4.69, 9.17) is 10.00 Å². The Bertz CT molecular complexity index is 1160. The van der Waals surface area contributed by atoms with Crippen LogP contribution in [0.1, 0.15) is 5.56 Å². The van der Waals surface area contributed by atoms with Crippen molar-refractivity contribution in [1.82, 2.24) is 9.38 Å². The number of nitriles is 1. The Morgan fingerprint density at radius 2 is 1.96 bits per heavy atom. The second-order valence-electron chi connectivity index (χ2n) is 5.94. The molecule has 2 aromatic carbocycles. The summed E-state index contributed by atoms with van der Waals surface area (Å²) in [6.07, 6.45) is 3.80. The highest BCUT2D eigenvalue weighted by Gasteiger charge is 2.10. The summed E-state index contributed by atoms with van der Waals surface area (Å²) in [5.74, 6) is 0.226. The van der Waals surface area contributed by atoms with Crippen LogP contribution in [0.4, 0.5) is 15.8 Å². The Morgan fingerprint density at radius 1 is 1.15 bits per heavy atom. The van der Waals surface area contributed by atoms with Crippen molar-refractivity contribution < 1.29 is 9.13 Å². The van der Waals surface area contributed by atoms with Gasteiger partial charge in [0.1, 0.15) is 17.6 Å². The maximum atomic E-state index is 13.2. The smallest absolute Gasteiger partial charge is 0.161 e. The third kappa shape index (κ3) is 3.18. The predicted octanol–water partition coefficient (Wildman–Crippen LogP) is 4.76. The van der Waals surface area contributed by atoms with Crippen LogP contribution in [0.3, 0.4) is 0 Å². The van der Waals surface area contributed by atoms with Crippen molar-refractivity contribution in [2.75, 3.05) is 12.4 Å². The summed E-state index contributed by atoms with van der Waals surface area (Å²) in [6, 6.07) is 17.5. The fourth-order valence-electron chi connectivity index (χ4n) is 2.89. The van der Waals surface area contributed by atoms with Crippen molar-refractivity contribution in [3.63, 3.8) is 0 Å². The van der Waals surface area contributed by atoms with Gasteiger partial charge in [0.15, 0.2) is 5.65 Å². The van der Waals surface area contributed by atoms with Gasteiger partial charge in [0.25, 0.3) is 0 Å². The van der Waals surface area contributed by atoms with E-state index >= 15 is 0 Å². The number of halogens is 1. The summed E-state index contributed by atoms with van der Waals surface area (Å²) in [5, 5.41) is 12.4. The lowest BCUT2D eigenvalue weighted by molar-refractivity contribution is 0.413. The number of fused-ring (bicyclic) bond motifs is 1. The molecule has 0 aliphatic carbocycles. The fourth-order valence-corrected chi connectivity index (χ4v) is 2.89. The molecule has 132 valence electrons. The molecular formula is C21H15FN4O. The number of aromatic nitrogens is 2. The van der Waals surface area contributed by atoms with Gasteiger partial charge in [0.05, 0.1) is 24.1 Å². The summed E-state index contributed by atoms with van der Waals surface area (Å²) in [4.78, 5) is 4.68. The topological polar surface area (TPSA) is 62.4 Å². The van der Waals surface area contributed by atoms with Gasteiger partial charge in [-0.3, -0.25) is 0 Å². The van der Waals surface area contributed by atoms with E-state index in [-0.39, 0.29) is 5.82 Å². The first-order valence-corrected chi connectivity index (χ1v) is 8.27. The van der Waals surface area contributed by atoms with E-state index in [0.717, 1.165) is 28.3 Å². The van der Waals surface area contributed by atoms with Gasteiger partial charge in [-0.1, -0.05) is 0 Å². The molecule has 0 aliphatic rings. The molecule has 1 N–H and O–H groups in total. The average molecular weight is 358 g/mol. The molecule has 5 nitrogen and oxygen atoms in total. The number of hydrogen-bond acceptors (Lipinski definition) is 4. The van der Waals surface area contributed by atoms with Crippen molar-refractivity contribution in [2.24, 2.45) is 0 Å². The van der Waals surface area contributed by atoms with Gasteiger partial charge >= 0.3 is 0 Å². The monoisotopic (exact) mass is 358 g/mol. The van der Waals surface area contributed by atoms with Crippen molar-refractivity contribution in [1.29, 1.82) is 5.26 Å². The van der Waals surface area contributed by atoms with Gasteiger partial charge in [0.2, 0.25) is 0 Å². The molecule has 2 aromatic heterocycles. The predicted molar refractivity (Wildman–Crippen MR) is 102 cm³/mol. The molecule has 0 unspecified atom stereocenters. The number of rotatable bonds is 4. The summed E-state index contributed by atoms with van der Waals surface area (Å²) in [7, 11) is 1.53. The SMILES string of the molecule is COc1cc(Nc2cccn3cc(-c4ccc(F)cc4)nc23)ccc1C#N. The minimum absolute atomic E-state index is 0.278. The maximum Gasteiger partial charge on any atom is 0.161 e. The van der Waals surface area contributed by atoms with Crippen LogP contribution in [0.15, 0.2) is 67.0 Å². The number of hydrogen-bond donors (Lipinski definition) is 1. The molecule has 0 bridgehead atoms. The van der Waals surface area contributed by atoms with Crippen LogP contribution >= 0.6 is 0 Å². The summed E-state index contributed by atoms with van der Waals surface area (Å²) >= 11 is 0. The van der Waals surface area contributed by atoms with Gasteiger partial charge in [0, 0.05) is 29.7 Å². The molecule has 0 radical (unpaired) electrons. The molecule has 0 aliphatic heterocycles. The fraction of sp³-hybridized carbons (Fsp3) is 0.0476. The molecule has 2 heterocycles. The minimum Gasteiger partial charge on any atom is -0.495 e. The highest BCUT2D eigenvalue weighted by molar-refractivity contribution is 5.77.